The number of nitrogens with zero attached hydrogens (tertiary/aromatic N) is 2. The molecule has 3 nitrogen and oxygen atoms in total. The summed E-state index contributed by atoms with van der Waals surface area (Å²) in [4.78, 5) is 4.51. The highest BCUT2D eigenvalue weighted by atomic mass is 35.5. The van der Waals surface area contributed by atoms with Gasteiger partial charge in [-0.25, -0.2) is 4.98 Å². The summed E-state index contributed by atoms with van der Waals surface area (Å²) in [6.07, 6.45) is 2.49. The number of fused-ring (bicyclic) bond motifs is 1. The summed E-state index contributed by atoms with van der Waals surface area (Å²) in [6.45, 7) is 0.785. The number of alkyl halides is 1. The van der Waals surface area contributed by atoms with Gasteiger partial charge in [0, 0.05) is 18.0 Å². The van der Waals surface area contributed by atoms with Crippen LogP contribution in [0.5, 0.6) is 0 Å². The van der Waals surface area contributed by atoms with Crippen molar-refractivity contribution in [3.05, 3.63) is 53.2 Å². The van der Waals surface area contributed by atoms with Gasteiger partial charge in [-0.3, -0.25) is 0 Å². The molecule has 2 aromatic heterocycles. The third-order valence-electron chi connectivity index (χ3n) is 3.07. The summed E-state index contributed by atoms with van der Waals surface area (Å²) in [5.74, 6) is 2.19. The Morgan fingerprint density at radius 1 is 1.26 bits per heavy atom. The lowest BCUT2D eigenvalue weighted by Crippen LogP contribution is -2.04. The van der Waals surface area contributed by atoms with Crippen LogP contribution in [0.1, 0.15) is 11.6 Å². The SMILES string of the molecule is ClCc1nc2cc(Cl)ccc2n1CCc1ccco1. The van der Waals surface area contributed by atoms with Gasteiger partial charge in [-0.2, -0.15) is 0 Å². The third kappa shape index (κ3) is 2.48. The molecule has 0 fully saturated rings. The van der Waals surface area contributed by atoms with Crippen molar-refractivity contribution in [1.82, 2.24) is 9.55 Å². The topological polar surface area (TPSA) is 31.0 Å². The number of imidazole rings is 1. The first kappa shape index (κ1) is 12.6. The summed E-state index contributed by atoms with van der Waals surface area (Å²) in [6, 6.07) is 9.56. The van der Waals surface area contributed by atoms with E-state index in [1.165, 1.54) is 0 Å². The van der Waals surface area contributed by atoms with Gasteiger partial charge in [0.25, 0.3) is 0 Å². The molecule has 0 N–H and O–H groups in total. The van der Waals surface area contributed by atoms with E-state index in [1.54, 1.807) is 6.26 Å². The maximum atomic E-state index is 5.98. The lowest BCUT2D eigenvalue weighted by Gasteiger charge is -2.06. The fourth-order valence-electron chi connectivity index (χ4n) is 2.18. The molecule has 3 aromatic rings. The molecule has 0 saturated heterocycles. The smallest absolute Gasteiger partial charge is 0.124 e. The maximum absolute atomic E-state index is 5.98. The first-order valence-corrected chi connectivity index (χ1v) is 6.92. The Labute approximate surface area is 120 Å². The molecule has 5 heteroatoms. The largest absolute Gasteiger partial charge is 0.469 e. The van der Waals surface area contributed by atoms with Crippen molar-refractivity contribution in [2.45, 2.75) is 18.8 Å². The zero-order chi connectivity index (χ0) is 13.2. The highest BCUT2D eigenvalue weighted by Gasteiger charge is 2.10. The van der Waals surface area contributed by atoms with Gasteiger partial charge in [-0.05, 0) is 30.3 Å². The minimum absolute atomic E-state index is 0.379. The first-order chi connectivity index (χ1) is 9.28. The number of benzene rings is 1. The second kappa shape index (κ2) is 5.27. The lowest BCUT2D eigenvalue weighted by molar-refractivity contribution is 0.491. The van der Waals surface area contributed by atoms with E-state index in [0.717, 1.165) is 35.6 Å². The minimum atomic E-state index is 0.379. The average molecular weight is 295 g/mol. The highest BCUT2D eigenvalue weighted by molar-refractivity contribution is 6.31. The molecule has 0 radical (unpaired) electrons. The Morgan fingerprint density at radius 2 is 2.16 bits per heavy atom. The number of hydrogen-bond acceptors (Lipinski definition) is 2. The second-order valence-electron chi connectivity index (χ2n) is 4.28. The lowest BCUT2D eigenvalue weighted by atomic mass is 10.3. The van der Waals surface area contributed by atoms with Gasteiger partial charge in [-0.1, -0.05) is 11.6 Å². The summed E-state index contributed by atoms with van der Waals surface area (Å²) >= 11 is 11.9. The molecule has 0 spiro atoms. The Morgan fingerprint density at radius 3 is 2.89 bits per heavy atom. The summed E-state index contributed by atoms with van der Waals surface area (Å²) in [5, 5.41) is 0.685. The van der Waals surface area contributed by atoms with Crippen molar-refractivity contribution in [1.29, 1.82) is 0 Å². The van der Waals surface area contributed by atoms with Crippen LogP contribution in [0.2, 0.25) is 5.02 Å². The zero-order valence-electron chi connectivity index (χ0n) is 10.1. The first-order valence-electron chi connectivity index (χ1n) is 6.01. The number of hydrogen-bond donors (Lipinski definition) is 0. The van der Waals surface area contributed by atoms with Crippen molar-refractivity contribution in [3.63, 3.8) is 0 Å². The van der Waals surface area contributed by atoms with Crippen molar-refractivity contribution < 1.29 is 4.42 Å². The van der Waals surface area contributed by atoms with Crippen LogP contribution in [0.3, 0.4) is 0 Å². The van der Waals surface area contributed by atoms with Crippen LogP contribution < -0.4 is 0 Å². The van der Waals surface area contributed by atoms with Gasteiger partial charge >= 0.3 is 0 Å². The van der Waals surface area contributed by atoms with E-state index < -0.39 is 0 Å². The van der Waals surface area contributed by atoms with E-state index in [9.17, 15) is 0 Å². The Hall–Kier alpha value is -1.45. The fourth-order valence-corrected chi connectivity index (χ4v) is 2.55. The predicted octanol–water partition coefficient (Wildman–Crippen LogP) is 4.26. The fraction of sp³-hybridized carbons (Fsp3) is 0.214. The molecule has 0 aliphatic carbocycles. The number of aryl methyl sites for hydroxylation is 2. The van der Waals surface area contributed by atoms with E-state index in [0.29, 0.717) is 10.9 Å². The minimum Gasteiger partial charge on any atom is -0.469 e. The van der Waals surface area contributed by atoms with Crippen LogP contribution in [-0.2, 0) is 18.8 Å². The molecule has 19 heavy (non-hydrogen) atoms. The molecular formula is C14H12Cl2N2O. The van der Waals surface area contributed by atoms with Crippen LogP contribution in [0.15, 0.2) is 41.0 Å². The van der Waals surface area contributed by atoms with E-state index in [4.69, 9.17) is 27.6 Å². The molecule has 0 atom stereocenters. The van der Waals surface area contributed by atoms with Crippen molar-refractivity contribution in [3.8, 4) is 0 Å². The van der Waals surface area contributed by atoms with Gasteiger partial charge < -0.3 is 8.98 Å². The molecule has 0 saturated carbocycles. The normalized spacial score (nSPS) is 11.3. The molecule has 3 rings (SSSR count). The summed E-state index contributed by atoms with van der Waals surface area (Å²) in [5.41, 5.74) is 1.93. The van der Waals surface area contributed by atoms with Crippen LogP contribution in [-0.4, -0.2) is 9.55 Å². The molecular weight excluding hydrogens is 283 g/mol. The van der Waals surface area contributed by atoms with E-state index in [1.807, 2.05) is 30.3 Å². The summed E-state index contributed by atoms with van der Waals surface area (Å²) in [7, 11) is 0. The van der Waals surface area contributed by atoms with Crippen molar-refractivity contribution >= 4 is 34.2 Å². The Balaban J connectivity index is 1.96. The molecule has 0 bridgehead atoms. The molecule has 98 valence electrons. The Bertz CT molecular complexity index is 689. The highest BCUT2D eigenvalue weighted by Crippen LogP contribution is 2.22. The second-order valence-corrected chi connectivity index (χ2v) is 4.98. The molecule has 0 aliphatic rings. The van der Waals surface area contributed by atoms with Crippen LogP contribution >= 0.6 is 23.2 Å². The van der Waals surface area contributed by atoms with Crippen LogP contribution in [0.25, 0.3) is 11.0 Å². The predicted molar refractivity (Wildman–Crippen MR) is 76.7 cm³/mol. The van der Waals surface area contributed by atoms with Gasteiger partial charge in [-0.15, -0.1) is 11.6 Å². The number of halogens is 2. The van der Waals surface area contributed by atoms with E-state index in [2.05, 4.69) is 9.55 Å². The molecule has 0 unspecified atom stereocenters. The van der Waals surface area contributed by atoms with Crippen LogP contribution in [0, 0.1) is 0 Å². The van der Waals surface area contributed by atoms with Gasteiger partial charge in [0.1, 0.15) is 11.6 Å². The molecule has 2 heterocycles. The number of furan rings is 1. The Kier molecular flexibility index (Phi) is 3.49. The van der Waals surface area contributed by atoms with Gasteiger partial charge in [0.05, 0.1) is 23.2 Å². The van der Waals surface area contributed by atoms with E-state index >= 15 is 0 Å². The van der Waals surface area contributed by atoms with Gasteiger partial charge in [0.2, 0.25) is 0 Å². The molecule has 1 aromatic carbocycles. The maximum Gasteiger partial charge on any atom is 0.124 e. The average Bonchev–Trinajstić information content (AvgIpc) is 3.02. The standard InChI is InChI=1S/C14H12Cl2N2O/c15-9-14-17-12-8-10(16)3-4-13(12)18(14)6-5-11-2-1-7-19-11/h1-4,7-8H,5-6,9H2. The number of aromatic nitrogens is 2. The molecule has 0 aliphatic heterocycles. The quantitative estimate of drug-likeness (QED) is 0.673. The monoisotopic (exact) mass is 294 g/mol. The van der Waals surface area contributed by atoms with Gasteiger partial charge in [0.15, 0.2) is 0 Å². The van der Waals surface area contributed by atoms with E-state index in [-0.39, 0.29) is 0 Å². The number of rotatable bonds is 4. The third-order valence-corrected chi connectivity index (χ3v) is 3.54. The van der Waals surface area contributed by atoms with Crippen molar-refractivity contribution in [2.24, 2.45) is 0 Å². The van der Waals surface area contributed by atoms with Crippen molar-refractivity contribution in [2.75, 3.05) is 0 Å². The van der Waals surface area contributed by atoms with Crippen LogP contribution in [0.4, 0.5) is 0 Å². The summed E-state index contributed by atoms with van der Waals surface area (Å²) < 4.78 is 7.46. The molecule has 0 amide bonds. The zero-order valence-corrected chi connectivity index (χ0v) is 11.7.